The summed E-state index contributed by atoms with van der Waals surface area (Å²) in [5.41, 5.74) is 0. The number of hydrogen-bond donors (Lipinski definition) is 2. The van der Waals surface area contributed by atoms with E-state index in [1.807, 2.05) is 19.0 Å². The van der Waals surface area contributed by atoms with Crippen LogP contribution in [0.1, 0.15) is 20.3 Å². The van der Waals surface area contributed by atoms with E-state index in [0.717, 1.165) is 26.2 Å². The van der Waals surface area contributed by atoms with Crippen molar-refractivity contribution < 1.29 is 0 Å². The molecule has 0 aliphatic rings. The molecule has 2 N–H and O–H groups in total. The van der Waals surface area contributed by atoms with Crippen LogP contribution >= 0.6 is 0 Å². The van der Waals surface area contributed by atoms with Crippen molar-refractivity contribution in [3.63, 3.8) is 0 Å². The molecule has 0 aromatic carbocycles. The van der Waals surface area contributed by atoms with Crippen LogP contribution in [-0.2, 0) is 0 Å². The number of nitrogens with zero attached hydrogens (tertiary/aromatic N) is 5. The Kier molecular flexibility index (Phi) is 7.00. The number of rotatable bonds is 9. The van der Waals surface area contributed by atoms with Crippen LogP contribution in [0.5, 0.6) is 0 Å². The summed E-state index contributed by atoms with van der Waals surface area (Å²) in [4.78, 5) is 17.2. The van der Waals surface area contributed by atoms with Crippen molar-refractivity contribution in [3.05, 3.63) is 0 Å². The van der Waals surface area contributed by atoms with Crippen molar-refractivity contribution in [1.29, 1.82) is 0 Å². The van der Waals surface area contributed by atoms with Crippen molar-refractivity contribution in [3.8, 4) is 0 Å². The van der Waals surface area contributed by atoms with Gasteiger partial charge in [0.25, 0.3) is 0 Å². The Bertz CT molecular complexity index is 394. The van der Waals surface area contributed by atoms with E-state index in [0.29, 0.717) is 17.8 Å². The number of aromatic nitrogens is 3. The second kappa shape index (κ2) is 8.52. The Morgan fingerprint density at radius 3 is 2.25 bits per heavy atom. The van der Waals surface area contributed by atoms with Gasteiger partial charge in [0.1, 0.15) is 0 Å². The molecule has 1 rings (SSSR count). The summed E-state index contributed by atoms with van der Waals surface area (Å²) in [7, 11) is 5.63. The zero-order valence-electron chi connectivity index (χ0n) is 13.3. The van der Waals surface area contributed by atoms with Gasteiger partial charge in [-0.3, -0.25) is 0 Å². The fraction of sp³-hybridized carbons (Fsp3) is 0.769. The minimum atomic E-state index is 0.576. The van der Waals surface area contributed by atoms with Gasteiger partial charge < -0.3 is 20.4 Å². The summed E-state index contributed by atoms with van der Waals surface area (Å²) in [6, 6.07) is 0. The van der Waals surface area contributed by atoms with Gasteiger partial charge >= 0.3 is 0 Å². The van der Waals surface area contributed by atoms with Gasteiger partial charge in [-0.1, -0.05) is 13.8 Å². The van der Waals surface area contributed by atoms with E-state index in [-0.39, 0.29) is 0 Å². The Morgan fingerprint density at radius 1 is 1.00 bits per heavy atom. The average molecular weight is 281 g/mol. The van der Waals surface area contributed by atoms with Crippen LogP contribution in [0.4, 0.5) is 17.8 Å². The Balaban J connectivity index is 2.60. The highest BCUT2D eigenvalue weighted by Crippen LogP contribution is 2.10. The molecule has 0 spiro atoms. The Hall–Kier alpha value is -1.63. The molecule has 0 amide bonds. The predicted molar refractivity (Wildman–Crippen MR) is 84.6 cm³/mol. The number of hydrogen-bond acceptors (Lipinski definition) is 7. The minimum Gasteiger partial charge on any atom is -0.357 e. The summed E-state index contributed by atoms with van der Waals surface area (Å²) in [6.45, 7) is 8.39. The van der Waals surface area contributed by atoms with E-state index >= 15 is 0 Å². The van der Waals surface area contributed by atoms with Crippen LogP contribution in [0.2, 0.25) is 0 Å². The van der Waals surface area contributed by atoms with Gasteiger partial charge in [0.2, 0.25) is 17.8 Å². The maximum Gasteiger partial charge on any atom is 0.231 e. The molecule has 0 aliphatic carbocycles. The highest BCUT2D eigenvalue weighted by Gasteiger charge is 2.07. The maximum absolute atomic E-state index is 4.38. The molecule has 0 unspecified atom stereocenters. The lowest BCUT2D eigenvalue weighted by atomic mass is 10.4. The first-order valence-corrected chi connectivity index (χ1v) is 7.18. The lowest BCUT2D eigenvalue weighted by Crippen LogP contribution is -2.30. The van der Waals surface area contributed by atoms with Crippen molar-refractivity contribution in [1.82, 2.24) is 19.9 Å². The number of likely N-dealkylation sites (N-methyl/N-ethyl adjacent to an activating group) is 1. The van der Waals surface area contributed by atoms with Gasteiger partial charge in [-0.25, -0.2) is 0 Å². The van der Waals surface area contributed by atoms with Gasteiger partial charge in [-0.15, -0.1) is 0 Å². The molecule has 0 saturated heterocycles. The largest absolute Gasteiger partial charge is 0.357 e. The highest BCUT2D eigenvalue weighted by molar-refractivity contribution is 5.42. The fourth-order valence-electron chi connectivity index (χ4n) is 1.83. The topological polar surface area (TPSA) is 69.2 Å². The first-order valence-electron chi connectivity index (χ1n) is 7.18. The number of nitrogens with one attached hydrogen (secondary N) is 2. The quantitative estimate of drug-likeness (QED) is 0.703. The first kappa shape index (κ1) is 16.4. The summed E-state index contributed by atoms with van der Waals surface area (Å²) in [6.07, 6.45) is 1.17. The van der Waals surface area contributed by atoms with Crippen molar-refractivity contribution in [2.75, 3.05) is 62.9 Å². The summed E-state index contributed by atoms with van der Waals surface area (Å²) in [5.74, 6) is 1.83. The molecule has 114 valence electrons. The lowest BCUT2D eigenvalue weighted by molar-refractivity contribution is 0.300. The van der Waals surface area contributed by atoms with Crippen LogP contribution < -0.4 is 15.5 Å². The molecule has 20 heavy (non-hydrogen) atoms. The highest BCUT2D eigenvalue weighted by atomic mass is 15.3. The second-order valence-corrected chi connectivity index (χ2v) is 4.79. The van der Waals surface area contributed by atoms with Gasteiger partial charge in [-0.05, 0) is 19.5 Å². The molecule has 0 aliphatic heterocycles. The van der Waals surface area contributed by atoms with Crippen molar-refractivity contribution in [2.45, 2.75) is 20.3 Å². The van der Waals surface area contributed by atoms with E-state index in [2.05, 4.69) is 44.3 Å². The maximum atomic E-state index is 4.38. The van der Waals surface area contributed by atoms with E-state index in [1.165, 1.54) is 6.42 Å². The third kappa shape index (κ3) is 5.16. The zero-order valence-corrected chi connectivity index (χ0v) is 13.3. The first-order chi connectivity index (χ1) is 9.60. The standard InChI is InChI=1S/C13H27N7/c1-6-9-20(7-2)10-8-15-12-16-11(14-3)17-13(18-12)19(4)5/h6-10H2,1-5H3,(H2,14,15,16,17,18). The molecule has 7 nitrogen and oxygen atoms in total. The molecular formula is C13H27N7. The van der Waals surface area contributed by atoms with Crippen LogP contribution in [0.25, 0.3) is 0 Å². The Labute approximate surface area is 121 Å². The lowest BCUT2D eigenvalue weighted by Gasteiger charge is -2.19. The van der Waals surface area contributed by atoms with Crippen LogP contribution in [0.15, 0.2) is 0 Å². The second-order valence-electron chi connectivity index (χ2n) is 4.79. The minimum absolute atomic E-state index is 0.576. The van der Waals surface area contributed by atoms with E-state index in [4.69, 9.17) is 0 Å². The molecule has 1 aromatic rings. The zero-order chi connectivity index (χ0) is 15.0. The van der Waals surface area contributed by atoms with E-state index in [1.54, 1.807) is 7.05 Å². The summed E-state index contributed by atoms with van der Waals surface area (Å²) < 4.78 is 0. The predicted octanol–water partition coefficient (Wildman–Crippen LogP) is 1.12. The van der Waals surface area contributed by atoms with Crippen LogP contribution in [-0.4, -0.2) is 67.2 Å². The fourth-order valence-corrected chi connectivity index (χ4v) is 1.83. The third-order valence-electron chi connectivity index (χ3n) is 2.95. The normalized spacial score (nSPS) is 10.7. The third-order valence-corrected chi connectivity index (χ3v) is 2.95. The molecular weight excluding hydrogens is 254 g/mol. The van der Waals surface area contributed by atoms with Crippen LogP contribution in [0.3, 0.4) is 0 Å². The molecule has 0 radical (unpaired) electrons. The molecule has 1 heterocycles. The van der Waals surface area contributed by atoms with Crippen molar-refractivity contribution >= 4 is 17.8 Å². The molecule has 0 atom stereocenters. The van der Waals surface area contributed by atoms with E-state index < -0.39 is 0 Å². The number of anilines is 3. The molecule has 0 bridgehead atoms. The van der Waals surface area contributed by atoms with E-state index in [9.17, 15) is 0 Å². The monoisotopic (exact) mass is 281 g/mol. The smallest absolute Gasteiger partial charge is 0.231 e. The van der Waals surface area contributed by atoms with Gasteiger partial charge in [0.15, 0.2) is 0 Å². The molecule has 0 saturated carbocycles. The van der Waals surface area contributed by atoms with Gasteiger partial charge in [0, 0.05) is 34.2 Å². The molecule has 7 heteroatoms. The summed E-state index contributed by atoms with van der Waals surface area (Å²) >= 11 is 0. The summed E-state index contributed by atoms with van der Waals surface area (Å²) in [5, 5.41) is 6.22. The van der Waals surface area contributed by atoms with Crippen molar-refractivity contribution in [2.24, 2.45) is 0 Å². The molecule has 1 aromatic heterocycles. The SMILES string of the molecule is CCCN(CC)CCNc1nc(NC)nc(N(C)C)n1. The average Bonchev–Trinajstić information content (AvgIpc) is 2.45. The van der Waals surface area contributed by atoms with Gasteiger partial charge in [0.05, 0.1) is 0 Å². The Morgan fingerprint density at radius 2 is 1.70 bits per heavy atom. The molecule has 0 fully saturated rings. The van der Waals surface area contributed by atoms with Gasteiger partial charge in [-0.2, -0.15) is 15.0 Å². The van der Waals surface area contributed by atoms with Crippen LogP contribution in [0, 0.1) is 0 Å².